The summed E-state index contributed by atoms with van der Waals surface area (Å²) in [5.74, 6) is -1.00. The largest absolute Gasteiger partial charge is 0.481 e. The summed E-state index contributed by atoms with van der Waals surface area (Å²) in [6.07, 6.45) is 1.35. The predicted octanol–water partition coefficient (Wildman–Crippen LogP) is -0.0825. The first-order valence-corrected chi connectivity index (χ1v) is 5.21. The van der Waals surface area contributed by atoms with E-state index in [1.807, 2.05) is 0 Å². The summed E-state index contributed by atoms with van der Waals surface area (Å²) in [7, 11) is 1.77. The Morgan fingerprint density at radius 2 is 2.40 bits per heavy atom. The quantitative estimate of drug-likeness (QED) is 0.686. The molecule has 2 unspecified atom stereocenters. The number of nitrogens with zero attached hydrogens (tertiary/aromatic N) is 1. The van der Waals surface area contributed by atoms with Gasteiger partial charge in [-0.05, 0) is 6.42 Å². The highest BCUT2D eigenvalue weighted by Crippen LogP contribution is 2.09. The molecule has 0 bridgehead atoms. The minimum Gasteiger partial charge on any atom is -0.481 e. The number of nitrogens with one attached hydrogen (secondary N) is 1. The number of carbonyl (C=O) groups excluding carboxylic acids is 1. The Morgan fingerprint density at radius 1 is 1.73 bits per heavy atom. The lowest BCUT2D eigenvalue weighted by atomic mass is 10.0. The number of carbonyl (C=O) groups is 2. The van der Waals surface area contributed by atoms with Crippen molar-refractivity contribution in [2.45, 2.75) is 25.8 Å². The van der Waals surface area contributed by atoms with E-state index in [1.165, 1.54) is 0 Å². The maximum atomic E-state index is 11.2. The predicted molar refractivity (Wildman–Crippen MR) is 55.5 cm³/mol. The van der Waals surface area contributed by atoms with Gasteiger partial charge in [0.15, 0.2) is 0 Å². The molecule has 0 aromatic rings. The molecule has 15 heavy (non-hydrogen) atoms. The van der Waals surface area contributed by atoms with Crippen LogP contribution >= 0.6 is 0 Å². The molecule has 1 rings (SSSR count). The van der Waals surface area contributed by atoms with Crippen molar-refractivity contribution in [1.82, 2.24) is 10.2 Å². The standard InChI is InChI=1S/C10H18N2O3/c1-7(10(14)15)5-11-8-3-4-9(13)12(2)6-8/h7-8,11H,3-6H2,1-2H3,(H,14,15). The molecule has 1 saturated heterocycles. The monoisotopic (exact) mass is 214 g/mol. The van der Waals surface area contributed by atoms with Crippen LogP contribution in [0, 0.1) is 5.92 Å². The number of piperidine rings is 1. The summed E-state index contributed by atoms with van der Waals surface area (Å²) in [6.45, 7) is 2.81. The minimum atomic E-state index is -0.789. The maximum absolute atomic E-state index is 11.2. The molecular formula is C10H18N2O3. The zero-order chi connectivity index (χ0) is 11.4. The van der Waals surface area contributed by atoms with E-state index in [0.29, 0.717) is 19.5 Å². The van der Waals surface area contributed by atoms with Crippen LogP contribution in [0.1, 0.15) is 19.8 Å². The van der Waals surface area contributed by atoms with Crippen molar-refractivity contribution < 1.29 is 14.7 Å². The van der Waals surface area contributed by atoms with Crippen molar-refractivity contribution in [3.8, 4) is 0 Å². The average molecular weight is 214 g/mol. The first-order valence-electron chi connectivity index (χ1n) is 5.21. The van der Waals surface area contributed by atoms with Gasteiger partial charge in [0.05, 0.1) is 5.92 Å². The van der Waals surface area contributed by atoms with Crippen LogP contribution < -0.4 is 5.32 Å². The highest BCUT2D eigenvalue weighted by molar-refractivity contribution is 5.76. The van der Waals surface area contributed by atoms with Crippen LogP contribution in [-0.4, -0.2) is 48.1 Å². The summed E-state index contributed by atoms with van der Waals surface area (Å²) in [5, 5.41) is 11.9. The van der Waals surface area contributed by atoms with Gasteiger partial charge in [-0.1, -0.05) is 6.92 Å². The molecule has 1 aliphatic heterocycles. The molecule has 0 aliphatic carbocycles. The summed E-state index contributed by atoms with van der Waals surface area (Å²) in [6, 6.07) is 0.231. The molecule has 0 saturated carbocycles. The van der Waals surface area contributed by atoms with Gasteiger partial charge in [0.25, 0.3) is 0 Å². The van der Waals surface area contributed by atoms with Crippen molar-refractivity contribution in [1.29, 1.82) is 0 Å². The van der Waals surface area contributed by atoms with Crippen molar-refractivity contribution in [2.75, 3.05) is 20.1 Å². The van der Waals surface area contributed by atoms with E-state index in [9.17, 15) is 9.59 Å². The Hall–Kier alpha value is -1.10. The van der Waals surface area contributed by atoms with Crippen LogP contribution in [0.5, 0.6) is 0 Å². The van der Waals surface area contributed by atoms with Crippen LogP contribution in [0.25, 0.3) is 0 Å². The van der Waals surface area contributed by atoms with Gasteiger partial charge in [-0.2, -0.15) is 0 Å². The van der Waals surface area contributed by atoms with Crippen molar-refractivity contribution in [3.63, 3.8) is 0 Å². The van der Waals surface area contributed by atoms with Crippen LogP contribution in [0.15, 0.2) is 0 Å². The first kappa shape index (κ1) is 12.0. The highest BCUT2D eigenvalue weighted by atomic mass is 16.4. The van der Waals surface area contributed by atoms with Crippen LogP contribution in [-0.2, 0) is 9.59 Å². The Kier molecular flexibility index (Phi) is 4.08. The van der Waals surface area contributed by atoms with Crippen molar-refractivity contribution in [2.24, 2.45) is 5.92 Å². The zero-order valence-electron chi connectivity index (χ0n) is 9.19. The van der Waals surface area contributed by atoms with Gasteiger partial charge in [0.2, 0.25) is 5.91 Å². The molecule has 0 spiro atoms. The maximum Gasteiger partial charge on any atom is 0.307 e. The Morgan fingerprint density at radius 3 is 2.93 bits per heavy atom. The third kappa shape index (κ3) is 3.51. The molecule has 1 amide bonds. The van der Waals surface area contributed by atoms with E-state index >= 15 is 0 Å². The van der Waals surface area contributed by atoms with E-state index in [0.717, 1.165) is 6.42 Å². The average Bonchev–Trinajstić information content (AvgIpc) is 2.19. The third-order valence-corrected chi connectivity index (χ3v) is 2.76. The fourth-order valence-corrected chi connectivity index (χ4v) is 1.61. The molecule has 86 valence electrons. The normalized spacial score (nSPS) is 24.0. The van der Waals surface area contributed by atoms with E-state index in [4.69, 9.17) is 5.11 Å². The summed E-state index contributed by atoms with van der Waals surface area (Å²) in [4.78, 5) is 23.5. The fourth-order valence-electron chi connectivity index (χ4n) is 1.61. The van der Waals surface area contributed by atoms with Crippen LogP contribution in [0.4, 0.5) is 0 Å². The zero-order valence-corrected chi connectivity index (χ0v) is 9.19. The minimum absolute atomic E-state index is 0.166. The summed E-state index contributed by atoms with van der Waals surface area (Å²) < 4.78 is 0. The van der Waals surface area contributed by atoms with E-state index in [2.05, 4.69) is 5.32 Å². The molecule has 1 fully saturated rings. The molecule has 1 heterocycles. The number of carboxylic acid groups (broad SMARTS) is 1. The summed E-state index contributed by atoms with van der Waals surface area (Å²) >= 11 is 0. The number of hydrogen-bond donors (Lipinski definition) is 2. The molecule has 0 aromatic carbocycles. The molecule has 2 N–H and O–H groups in total. The van der Waals surface area contributed by atoms with Gasteiger partial charge < -0.3 is 15.3 Å². The van der Waals surface area contributed by atoms with Gasteiger partial charge in [-0.25, -0.2) is 0 Å². The van der Waals surface area contributed by atoms with E-state index < -0.39 is 5.97 Å². The van der Waals surface area contributed by atoms with Gasteiger partial charge in [-0.15, -0.1) is 0 Å². The highest BCUT2D eigenvalue weighted by Gasteiger charge is 2.23. The Bertz CT molecular complexity index is 255. The second-order valence-corrected chi connectivity index (χ2v) is 4.16. The number of likely N-dealkylation sites (N-methyl/N-ethyl adjacent to an activating group) is 1. The number of hydrogen-bond acceptors (Lipinski definition) is 3. The van der Waals surface area contributed by atoms with E-state index in [1.54, 1.807) is 18.9 Å². The Labute approximate surface area is 89.4 Å². The van der Waals surface area contributed by atoms with Gasteiger partial charge in [0, 0.05) is 32.6 Å². The number of carboxylic acids is 1. The van der Waals surface area contributed by atoms with Gasteiger partial charge in [0.1, 0.15) is 0 Å². The van der Waals surface area contributed by atoms with Crippen LogP contribution in [0.2, 0.25) is 0 Å². The molecular weight excluding hydrogens is 196 g/mol. The van der Waals surface area contributed by atoms with E-state index in [-0.39, 0.29) is 17.9 Å². The second kappa shape index (κ2) is 5.11. The Balaban J connectivity index is 2.28. The fraction of sp³-hybridized carbons (Fsp3) is 0.800. The molecule has 5 nitrogen and oxygen atoms in total. The van der Waals surface area contributed by atoms with Crippen molar-refractivity contribution >= 4 is 11.9 Å². The molecule has 0 aromatic heterocycles. The number of aliphatic carboxylic acids is 1. The molecule has 1 aliphatic rings. The molecule has 5 heteroatoms. The SMILES string of the molecule is CC(CNC1CCC(=O)N(C)C1)C(=O)O. The van der Waals surface area contributed by atoms with Gasteiger partial charge in [-0.3, -0.25) is 9.59 Å². The lowest BCUT2D eigenvalue weighted by molar-refractivity contribution is -0.141. The lowest BCUT2D eigenvalue weighted by Gasteiger charge is -2.30. The lowest BCUT2D eigenvalue weighted by Crippen LogP contribution is -2.48. The topological polar surface area (TPSA) is 69.6 Å². The second-order valence-electron chi connectivity index (χ2n) is 4.16. The van der Waals surface area contributed by atoms with Crippen molar-refractivity contribution in [3.05, 3.63) is 0 Å². The number of amides is 1. The smallest absolute Gasteiger partial charge is 0.307 e. The molecule has 0 radical (unpaired) electrons. The van der Waals surface area contributed by atoms with Crippen LogP contribution in [0.3, 0.4) is 0 Å². The third-order valence-electron chi connectivity index (χ3n) is 2.76. The molecule has 2 atom stereocenters. The first-order chi connectivity index (χ1) is 7.00. The summed E-state index contributed by atoms with van der Waals surface area (Å²) in [5.41, 5.74) is 0. The van der Waals surface area contributed by atoms with Gasteiger partial charge >= 0.3 is 5.97 Å². The number of rotatable bonds is 4. The number of likely N-dealkylation sites (tertiary alicyclic amines) is 1.